The van der Waals surface area contributed by atoms with E-state index in [-0.39, 0.29) is 35.7 Å². The predicted molar refractivity (Wildman–Crippen MR) is 286 cm³/mol. The van der Waals surface area contributed by atoms with Crippen molar-refractivity contribution in [1.29, 1.82) is 0 Å². The number of carboxylic acid groups (broad SMARTS) is 2. The fourth-order valence-electron chi connectivity index (χ4n) is 10.3. The van der Waals surface area contributed by atoms with Crippen molar-refractivity contribution in [2.45, 2.75) is 138 Å². The molecule has 72 heavy (non-hydrogen) atoms. The van der Waals surface area contributed by atoms with E-state index >= 15 is 0 Å². The Morgan fingerprint density at radius 1 is 0.750 bits per heavy atom. The van der Waals surface area contributed by atoms with Crippen molar-refractivity contribution < 1.29 is 39.1 Å². The highest BCUT2D eigenvalue weighted by atomic mass is 16.5. The lowest BCUT2D eigenvalue weighted by molar-refractivity contribution is -0.137. The van der Waals surface area contributed by atoms with Gasteiger partial charge < -0.3 is 29.5 Å². The van der Waals surface area contributed by atoms with Gasteiger partial charge in [0.05, 0.1) is 24.9 Å². The molecule has 0 bridgehead atoms. The lowest BCUT2D eigenvalue weighted by Gasteiger charge is -2.31. The number of hydrogen-bond acceptors (Lipinski definition) is 8. The molecule has 2 aromatic heterocycles. The van der Waals surface area contributed by atoms with Gasteiger partial charge in [0.2, 0.25) is 0 Å². The molecule has 12 nitrogen and oxygen atoms in total. The van der Waals surface area contributed by atoms with Crippen molar-refractivity contribution in [3.63, 3.8) is 0 Å². The zero-order chi connectivity index (χ0) is 52.8. The molecule has 0 radical (unpaired) electrons. The second kappa shape index (κ2) is 25.9. The number of rotatable bonds is 14. The number of hydrogen-bond donors (Lipinski definition) is 3. The summed E-state index contributed by atoms with van der Waals surface area (Å²) in [6, 6.07) is 26.0. The standard InChI is InChI=1S/C30H40N2O2.C28H34N2O3.CH2O2.CH4O/c1-20(2)25-10-8-9-22-12-13-24(16-27(22)25)34-19-21-11-14-26(23-17-31-32(6)18-23)28(15-21)29(33-7)30(3,4)5;1-28(2,3)15-22-12-19(8-11-25(22)23-16-29-30(4)17-23)18-33-24-10-9-20-6-5-7-21(13-27(31)32)26(20)14-24;2-1-3;1-2/h11-18,20,25,29H,8-10,19H2,1-7H3;8-12,14,16-17,21H,5-7,13,15,18H2,1-4H3,(H,31,32);1H,(H,2,3);2H,1H3. The quantitative estimate of drug-likeness (QED) is 0.0897. The topological polar surface area (TPSA) is 158 Å². The first-order valence-electron chi connectivity index (χ1n) is 25.3. The summed E-state index contributed by atoms with van der Waals surface area (Å²) in [6.45, 7) is 18.8. The number of benzene rings is 4. The van der Waals surface area contributed by atoms with Crippen molar-refractivity contribution in [2.24, 2.45) is 30.8 Å². The van der Waals surface area contributed by atoms with Crippen LogP contribution in [-0.4, -0.2) is 61.5 Å². The van der Waals surface area contributed by atoms with Crippen LogP contribution < -0.4 is 9.47 Å². The Morgan fingerprint density at radius 2 is 1.26 bits per heavy atom. The van der Waals surface area contributed by atoms with E-state index < -0.39 is 5.97 Å². The SMILES string of the molecule is CO.COC(c1cc(COc2ccc3c(c2)C(C(C)C)CCC3)ccc1-c1cnn(C)c1)C(C)(C)C.Cn1cc(-c2ccc(COc3ccc4c(c3)C(CC(=O)O)CCC4)cc2CC(C)(C)C)cn1.O=CO. The lowest BCUT2D eigenvalue weighted by Crippen LogP contribution is -2.21. The van der Waals surface area contributed by atoms with Gasteiger partial charge in [-0.3, -0.25) is 19.0 Å². The van der Waals surface area contributed by atoms with Crippen molar-refractivity contribution >= 4 is 12.4 Å². The Morgan fingerprint density at radius 3 is 1.76 bits per heavy atom. The summed E-state index contributed by atoms with van der Waals surface area (Å²) >= 11 is 0. The monoisotopic (exact) mass is 985 g/mol. The molecule has 3 unspecified atom stereocenters. The summed E-state index contributed by atoms with van der Waals surface area (Å²) in [6.07, 6.45) is 15.8. The highest BCUT2D eigenvalue weighted by Crippen LogP contribution is 2.42. The van der Waals surface area contributed by atoms with E-state index in [9.17, 15) is 9.90 Å². The van der Waals surface area contributed by atoms with Gasteiger partial charge in [-0.25, -0.2) is 0 Å². The van der Waals surface area contributed by atoms with Crippen LogP contribution >= 0.6 is 0 Å². The molecule has 3 atom stereocenters. The van der Waals surface area contributed by atoms with Crippen LogP contribution in [0, 0.1) is 16.7 Å². The van der Waals surface area contributed by atoms with E-state index in [1.807, 2.05) is 41.9 Å². The van der Waals surface area contributed by atoms with Gasteiger partial charge in [0.1, 0.15) is 24.7 Å². The number of carbonyl (C=O) groups is 2. The molecule has 388 valence electrons. The van der Waals surface area contributed by atoms with E-state index in [1.165, 1.54) is 52.6 Å². The molecule has 2 aliphatic rings. The van der Waals surface area contributed by atoms with E-state index in [2.05, 4.69) is 145 Å². The van der Waals surface area contributed by atoms with E-state index in [0.717, 1.165) is 77.7 Å². The fourth-order valence-corrected chi connectivity index (χ4v) is 10.3. The zero-order valence-electron chi connectivity index (χ0n) is 44.9. The molecule has 2 heterocycles. The van der Waals surface area contributed by atoms with E-state index in [0.29, 0.717) is 25.0 Å². The molecule has 6 aromatic rings. The molecule has 4 aromatic carbocycles. The Labute approximate surface area is 428 Å². The Kier molecular flexibility index (Phi) is 20.4. The minimum Gasteiger partial charge on any atom is -0.489 e. The molecule has 0 saturated heterocycles. The molecule has 0 amide bonds. The van der Waals surface area contributed by atoms with Crippen LogP contribution in [0.4, 0.5) is 0 Å². The molecular weight excluding hydrogens is 905 g/mol. The van der Waals surface area contributed by atoms with Crippen LogP contribution in [0.5, 0.6) is 11.5 Å². The number of carboxylic acids is 1. The van der Waals surface area contributed by atoms with Crippen LogP contribution in [0.1, 0.15) is 150 Å². The minimum atomic E-state index is -0.737. The van der Waals surface area contributed by atoms with Crippen LogP contribution in [0.25, 0.3) is 22.3 Å². The molecule has 12 heteroatoms. The number of fused-ring (bicyclic) bond motifs is 2. The molecule has 8 rings (SSSR count). The first kappa shape index (κ1) is 56.7. The first-order valence-corrected chi connectivity index (χ1v) is 25.3. The number of aliphatic hydroxyl groups excluding tert-OH is 1. The number of aliphatic hydroxyl groups is 1. The third kappa shape index (κ3) is 15.6. The normalized spacial score (nSPS) is 15.5. The van der Waals surface area contributed by atoms with Crippen LogP contribution in [0.15, 0.2) is 97.6 Å². The second-order valence-corrected chi connectivity index (χ2v) is 21.8. The van der Waals surface area contributed by atoms with Crippen LogP contribution in [-0.2, 0) is 60.9 Å². The minimum absolute atomic E-state index is 0.0433. The van der Waals surface area contributed by atoms with Crippen LogP contribution in [0.2, 0.25) is 0 Å². The molecule has 0 fully saturated rings. The van der Waals surface area contributed by atoms with Gasteiger partial charge in [0.25, 0.3) is 6.47 Å². The summed E-state index contributed by atoms with van der Waals surface area (Å²) < 4.78 is 22.2. The van der Waals surface area contributed by atoms with Crippen molar-refractivity contribution in [3.8, 4) is 33.8 Å². The highest BCUT2D eigenvalue weighted by molar-refractivity contribution is 5.69. The number of aromatic nitrogens is 4. The Hall–Kier alpha value is -6.24. The molecular formula is C60H80N4O8. The summed E-state index contributed by atoms with van der Waals surface area (Å²) in [5.74, 6) is 2.39. The summed E-state index contributed by atoms with van der Waals surface area (Å²) in [5.41, 5.74) is 14.8. The largest absolute Gasteiger partial charge is 0.489 e. The maximum Gasteiger partial charge on any atom is 0.303 e. The molecule has 0 aliphatic heterocycles. The highest BCUT2D eigenvalue weighted by Gasteiger charge is 2.30. The van der Waals surface area contributed by atoms with Gasteiger partial charge in [-0.15, -0.1) is 0 Å². The van der Waals surface area contributed by atoms with Crippen molar-refractivity contribution in [1.82, 2.24) is 19.6 Å². The number of aryl methyl sites for hydroxylation is 4. The zero-order valence-corrected chi connectivity index (χ0v) is 44.9. The summed E-state index contributed by atoms with van der Waals surface area (Å²) in [7, 11) is 6.69. The number of nitrogens with zero attached hydrogens (tertiary/aromatic N) is 4. The average Bonchev–Trinajstić information content (AvgIpc) is 3.97. The maximum absolute atomic E-state index is 11.3. The Balaban J connectivity index is 0.000000246. The lowest BCUT2D eigenvalue weighted by atomic mass is 9.77. The number of aliphatic carboxylic acids is 1. The molecule has 3 N–H and O–H groups in total. The third-order valence-corrected chi connectivity index (χ3v) is 13.4. The molecule has 0 saturated carbocycles. The fraction of sp³-hybridized carbons (Fsp3) is 0.467. The second-order valence-electron chi connectivity index (χ2n) is 21.8. The summed E-state index contributed by atoms with van der Waals surface area (Å²) in [5, 5.41) is 31.9. The van der Waals surface area contributed by atoms with Gasteiger partial charge in [0, 0.05) is 51.8 Å². The number of methoxy groups -OCH3 is 1. The van der Waals surface area contributed by atoms with Gasteiger partial charge in [-0.1, -0.05) is 97.9 Å². The van der Waals surface area contributed by atoms with E-state index in [4.69, 9.17) is 29.2 Å². The summed E-state index contributed by atoms with van der Waals surface area (Å²) in [4.78, 5) is 19.7. The predicted octanol–water partition coefficient (Wildman–Crippen LogP) is 12.9. The van der Waals surface area contributed by atoms with E-state index in [1.54, 1.807) is 7.11 Å². The Bertz CT molecular complexity index is 2690. The molecule has 0 spiro atoms. The van der Waals surface area contributed by atoms with Gasteiger partial charge in [0.15, 0.2) is 0 Å². The maximum atomic E-state index is 11.3. The smallest absolute Gasteiger partial charge is 0.303 e. The van der Waals surface area contributed by atoms with Gasteiger partial charge in [-0.2, -0.15) is 10.2 Å². The first-order chi connectivity index (χ1) is 34.3. The average molecular weight is 985 g/mol. The third-order valence-electron chi connectivity index (χ3n) is 13.4. The molecule has 2 aliphatic carbocycles. The van der Waals surface area contributed by atoms with Gasteiger partial charge >= 0.3 is 5.97 Å². The van der Waals surface area contributed by atoms with Crippen LogP contribution in [0.3, 0.4) is 0 Å². The van der Waals surface area contributed by atoms with Crippen molar-refractivity contribution in [2.75, 3.05) is 14.2 Å². The van der Waals surface area contributed by atoms with Crippen molar-refractivity contribution in [3.05, 3.63) is 142 Å². The van der Waals surface area contributed by atoms with Gasteiger partial charge in [-0.05, 0) is 159 Å². The number of ether oxygens (including phenoxy) is 3.